The van der Waals surface area contributed by atoms with Gasteiger partial charge in [0.25, 0.3) is 16.1 Å². The van der Waals surface area contributed by atoms with Gasteiger partial charge in [0.2, 0.25) is 0 Å². The lowest BCUT2D eigenvalue weighted by atomic mass is 10.2. The van der Waals surface area contributed by atoms with E-state index >= 15 is 0 Å². The Labute approximate surface area is 197 Å². The van der Waals surface area contributed by atoms with Crippen LogP contribution in [0.3, 0.4) is 0 Å². The Morgan fingerprint density at radius 3 is 2.62 bits per heavy atom. The molecule has 0 radical (unpaired) electrons. The van der Waals surface area contributed by atoms with Crippen molar-refractivity contribution in [1.29, 1.82) is 0 Å². The van der Waals surface area contributed by atoms with Crippen molar-refractivity contribution in [3.05, 3.63) is 59.9 Å². The Bertz CT molecular complexity index is 1230. The average molecular weight is 494 g/mol. The molecule has 4 rings (SSSR count). The number of oxazole rings is 1. The first-order chi connectivity index (χ1) is 16.2. The van der Waals surface area contributed by atoms with Gasteiger partial charge in [-0.25, -0.2) is 4.39 Å². The van der Waals surface area contributed by atoms with Crippen LogP contribution >= 0.6 is 0 Å². The number of aliphatic hydroxyl groups is 1. The third-order valence-electron chi connectivity index (χ3n) is 5.25. The summed E-state index contributed by atoms with van der Waals surface area (Å²) >= 11 is 0. The largest absolute Gasteiger partial charge is 0.489 e. The van der Waals surface area contributed by atoms with Gasteiger partial charge in [-0.3, -0.25) is 4.55 Å². The number of rotatable bonds is 7. The van der Waals surface area contributed by atoms with Crippen LogP contribution in [0.4, 0.5) is 10.4 Å². The van der Waals surface area contributed by atoms with Crippen LogP contribution < -0.4 is 15.8 Å². The first-order valence-corrected chi connectivity index (χ1v) is 12.1. The van der Waals surface area contributed by atoms with Gasteiger partial charge in [-0.1, -0.05) is 17.7 Å². The van der Waals surface area contributed by atoms with Crippen LogP contribution in [-0.4, -0.2) is 48.4 Å². The quantitative estimate of drug-likeness (QED) is 0.362. The number of anilines is 1. The van der Waals surface area contributed by atoms with Crippen LogP contribution in [-0.2, 0) is 10.1 Å². The number of ether oxygens (including phenoxy) is 1. The molecule has 1 aromatic heterocycles. The first-order valence-electron chi connectivity index (χ1n) is 10.7. The first kappa shape index (κ1) is 25.6. The van der Waals surface area contributed by atoms with Crippen molar-refractivity contribution in [3.8, 4) is 5.75 Å². The van der Waals surface area contributed by atoms with E-state index in [0.717, 1.165) is 18.4 Å². The number of halogens is 1. The molecule has 1 fully saturated rings. The van der Waals surface area contributed by atoms with Gasteiger partial charge in [0, 0.05) is 24.2 Å². The average Bonchev–Trinajstić information content (AvgIpc) is 3.39. The van der Waals surface area contributed by atoms with E-state index in [-0.39, 0.29) is 30.2 Å². The molecule has 0 spiro atoms. The molecule has 0 amide bonds. The van der Waals surface area contributed by atoms with Crippen molar-refractivity contribution in [2.24, 2.45) is 5.73 Å². The van der Waals surface area contributed by atoms with Gasteiger partial charge in [-0.05, 0) is 50.5 Å². The molecule has 0 aliphatic heterocycles. The second-order valence-corrected chi connectivity index (χ2v) is 9.43. The Hall–Kier alpha value is -2.99. The summed E-state index contributed by atoms with van der Waals surface area (Å²) in [6.07, 6.45) is 2.60. The van der Waals surface area contributed by atoms with Gasteiger partial charge in [-0.2, -0.15) is 13.4 Å². The maximum atomic E-state index is 12.5. The number of nitrogens with one attached hydrogen (secondary N) is 1. The number of fused-ring (bicyclic) bond motifs is 1. The standard InChI is InChI=1S/C16H20FN3O3.C7H8O3S/c17-7-10(8-18)9-22-13-3-4-14-15(6-13)23-16(20-14)19-11-1-2-12(21)5-11;1-6-2-4-7(5-3-6)11(8,9)10/h3-4,6-7,11-12,21H,1-2,5,8-9,18H2,(H,19,20);2-5H,1H3,(H,8,9,10). The minimum absolute atomic E-state index is 0.0666. The van der Waals surface area contributed by atoms with Crippen LogP contribution in [0.5, 0.6) is 5.75 Å². The second kappa shape index (κ2) is 11.4. The number of aromatic nitrogens is 1. The van der Waals surface area contributed by atoms with Crippen molar-refractivity contribution in [2.45, 2.75) is 43.2 Å². The van der Waals surface area contributed by atoms with Gasteiger partial charge in [-0.15, -0.1) is 0 Å². The lowest BCUT2D eigenvalue weighted by Gasteiger charge is -2.08. The van der Waals surface area contributed by atoms with Gasteiger partial charge in [0.15, 0.2) is 5.58 Å². The van der Waals surface area contributed by atoms with Gasteiger partial charge < -0.3 is 25.3 Å². The van der Waals surface area contributed by atoms with E-state index in [2.05, 4.69) is 10.3 Å². The van der Waals surface area contributed by atoms with Crippen molar-refractivity contribution in [3.63, 3.8) is 0 Å². The number of nitrogens with zero attached hydrogens (tertiary/aromatic N) is 1. The normalized spacial score (nSPS) is 18.4. The number of aliphatic hydroxyl groups excluding tert-OH is 1. The van der Waals surface area contributed by atoms with E-state index in [1.165, 1.54) is 12.1 Å². The monoisotopic (exact) mass is 493 g/mol. The van der Waals surface area contributed by atoms with E-state index in [4.69, 9.17) is 19.4 Å². The minimum atomic E-state index is -4.02. The fourth-order valence-corrected chi connectivity index (χ4v) is 3.82. The molecule has 1 saturated carbocycles. The van der Waals surface area contributed by atoms with E-state index < -0.39 is 10.1 Å². The SMILES string of the molecule is Cc1ccc(S(=O)(=O)O)cc1.NCC(=CF)COc1ccc2nc(NC3CCC(O)C3)oc2c1. The van der Waals surface area contributed by atoms with E-state index in [0.29, 0.717) is 41.2 Å². The van der Waals surface area contributed by atoms with Crippen LogP contribution in [0, 0.1) is 6.92 Å². The topological polar surface area (TPSA) is 148 Å². The fraction of sp³-hybridized carbons (Fsp3) is 0.348. The van der Waals surface area contributed by atoms with E-state index in [1.54, 1.807) is 30.3 Å². The Kier molecular flexibility index (Phi) is 8.61. The lowest BCUT2D eigenvalue weighted by molar-refractivity contribution is 0.182. The Morgan fingerprint density at radius 2 is 2.03 bits per heavy atom. The maximum absolute atomic E-state index is 12.5. The van der Waals surface area contributed by atoms with Gasteiger partial charge >= 0.3 is 0 Å². The van der Waals surface area contributed by atoms with E-state index in [1.807, 2.05) is 6.92 Å². The van der Waals surface area contributed by atoms with Crippen LogP contribution in [0.1, 0.15) is 24.8 Å². The minimum Gasteiger partial charge on any atom is -0.489 e. The number of nitrogens with two attached hydrogens (primary N) is 1. The van der Waals surface area contributed by atoms with Gasteiger partial charge in [0.1, 0.15) is 17.9 Å². The summed E-state index contributed by atoms with van der Waals surface area (Å²) in [6, 6.07) is 11.8. The van der Waals surface area contributed by atoms with E-state index in [9.17, 15) is 17.9 Å². The van der Waals surface area contributed by atoms with Crippen LogP contribution in [0.15, 0.2) is 63.7 Å². The highest BCUT2D eigenvalue weighted by Gasteiger charge is 2.24. The summed E-state index contributed by atoms with van der Waals surface area (Å²) in [4.78, 5) is 4.30. The molecule has 1 aliphatic carbocycles. The molecule has 0 bridgehead atoms. The number of hydrogen-bond acceptors (Lipinski definition) is 8. The molecule has 9 nitrogen and oxygen atoms in total. The third kappa shape index (κ3) is 7.26. The lowest BCUT2D eigenvalue weighted by Crippen LogP contribution is -2.16. The molecule has 2 atom stereocenters. The third-order valence-corrected chi connectivity index (χ3v) is 6.12. The zero-order valence-electron chi connectivity index (χ0n) is 18.6. The Balaban J connectivity index is 0.000000248. The van der Waals surface area contributed by atoms with Crippen molar-refractivity contribution < 1.29 is 31.6 Å². The molecule has 3 aromatic rings. The zero-order chi connectivity index (χ0) is 24.7. The molecule has 184 valence electrons. The van der Waals surface area contributed by atoms with Crippen LogP contribution in [0.25, 0.3) is 11.1 Å². The highest BCUT2D eigenvalue weighted by molar-refractivity contribution is 7.85. The molecule has 5 N–H and O–H groups in total. The highest BCUT2D eigenvalue weighted by atomic mass is 32.2. The smallest absolute Gasteiger partial charge is 0.295 e. The van der Waals surface area contributed by atoms with Crippen LogP contribution in [0.2, 0.25) is 0 Å². The summed E-state index contributed by atoms with van der Waals surface area (Å²) in [5.41, 5.74) is 8.01. The molecule has 11 heteroatoms. The van der Waals surface area contributed by atoms with Crippen molar-refractivity contribution in [1.82, 2.24) is 4.98 Å². The van der Waals surface area contributed by atoms with Gasteiger partial charge in [0.05, 0.1) is 17.3 Å². The number of benzene rings is 2. The highest BCUT2D eigenvalue weighted by Crippen LogP contribution is 2.27. The molecule has 2 unspecified atom stereocenters. The maximum Gasteiger partial charge on any atom is 0.295 e. The van der Waals surface area contributed by atoms with Crippen molar-refractivity contribution in [2.75, 3.05) is 18.5 Å². The molecular formula is C23H28FN3O6S. The summed E-state index contributed by atoms with van der Waals surface area (Å²) in [5.74, 6) is 0.560. The number of aryl methyl sites for hydroxylation is 1. The summed E-state index contributed by atoms with van der Waals surface area (Å²) < 4.78 is 53.2. The predicted molar refractivity (Wildman–Crippen MR) is 126 cm³/mol. The second-order valence-electron chi connectivity index (χ2n) is 8.00. The fourth-order valence-electron chi connectivity index (χ4n) is 3.34. The summed E-state index contributed by atoms with van der Waals surface area (Å²) in [7, 11) is -4.02. The molecular weight excluding hydrogens is 465 g/mol. The molecule has 0 saturated heterocycles. The number of hydrogen-bond donors (Lipinski definition) is 4. The summed E-state index contributed by atoms with van der Waals surface area (Å²) in [6.45, 7) is 2.05. The predicted octanol–water partition coefficient (Wildman–Crippen LogP) is 3.59. The molecule has 1 heterocycles. The van der Waals surface area contributed by atoms with Crippen molar-refractivity contribution >= 4 is 27.2 Å². The zero-order valence-corrected chi connectivity index (χ0v) is 19.5. The molecule has 2 aromatic carbocycles. The molecule has 34 heavy (non-hydrogen) atoms. The summed E-state index contributed by atoms with van der Waals surface area (Å²) in [5, 5.41) is 12.7. The Morgan fingerprint density at radius 1 is 1.29 bits per heavy atom. The molecule has 1 aliphatic rings.